The Morgan fingerprint density at radius 3 is 2.46 bits per heavy atom. The number of hydrogen-bond acceptors (Lipinski definition) is 8. The molecular formula is C31H36N2O6. The summed E-state index contributed by atoms with van der Waals surface area (Å²) in [5.41, 5.74) is 4.45. The molecule has 5 rings (SSSR count). The first kappa shape index (κ1) is 26.9. The van der Waals surface area contributed by atoms with Crippen molar-refractivity contribution in [2.24, 2.45) is 11.8 Å². The lowest BCUT2D eigenvalue weighted by Crippen LogP contribution is -2.52. The van der Waals surface area contributed by atoms with Crippen molar-refractivity contribution in [2.75, 3.05) is 26.1 Å². The molecule has 3 aliphatic rings. The first-order chi connectivity index (χ1) is 18.8. The van der Waals surface area contributed by atoms with E-state index in [1.165, 1.54) is 26.7 Å². The number of ether oxygens (including phenoxy) is 3. The highest BCUT2D eigenvalue weighted by atomic mass is 16.6. The minimum Gasteiger partial charge on any atom is -0.469 e. The number of esters is 3. The number of methoxy groups -OCH3 is 2. The van der Waals surface area contributed by atoms with E-state index in [1.54, 1.807) is 6.92 Å². The Kier molecular flexibility index (Phi) is 7.49. The van der Waals surface area contributed by atoms with Crippen LogP contribution >= 0.6 is 0 Å². The van der Waals surface area contributed by atoms with Crippen LogP contribution in [-0.4, -0.2) is 55.7 Å². The third-order valence-electron chi connectivity index (χ3n) is 8.66. The highest BCUT2D eigenvalue weighted by molar-refractivity contribution is 5.93. The van der Waals surface area contributed by atoms with Crippen molar-refractivity contribution in [1.82, 2.24) is 4.90 Å². The Bertz CT molecular complexity index is 1290. The van der Waals surface area contributed by atoms with Gasteiger partial charge in [-0.2, -0.15) is 0 Å². The number of benzene rings is 2. The van der Waals surface area contributed by atoms with Crippen LogP contribution in [0.1, 0.15) is 44.2 Å². The van der Waals surface area contributed by atoms with Crippen LogP contribution in [0.15, 0.2) is 65.9 Å². The van der Waals surface area contributed by atoms with Gasteiger partial charge in [0.2, 0.25) is 0 Å². The molecule has 2 aromatic carbocycles. The van der Waals surface area contributed by atoms with Gasteiger partial charge in [-0.15, -0.1) is 0 Å². The van der Waals surface area contributed by atoms with Gasteiger partial charge in [-0.1, -0.05) is 48.5 Å². The van der Waals surface area contributed by atoms with E-state index in [0.717, 1.165) is 36.5 Å². The van der Waals surface area contributed by atoms with E-state index < -0.39 is 29.4 Å². The van der Waals surface area contributed by atoms with E-state index in [9.17, 15) is 14.4 Å². The van der Waals surface area contributed by atoms with Gasteiger partial charge in [0.25, 0.3) is 0 Å². The average Bonchev–Trinajstić information content (AvgIpc) is 3.49. The molecule has 8 heteroatoms. The van der Waals surface area contributed by atoms with Crippen molar-refractivity contribution in [1.29, 1.82) is 0 Å². The number of para-hydroxylation sites is 1. The number of carbonyl (C=O) groups excluding carboxylic acids is 3. The molecule has 0 saturated carbocycles. The van der Waals surface area contributed by atoms with Gasteiger partial charge in [-0.3, -0.25) is 14.5 Å². The third-order valence-corrected chi connectivity index (χ3v) is 8.66. The maximum Gasteiger partial charge on any atom is 0.335 e. The zero-order valence-electron chi connectivity index (χ0n) is 22.9. The molecule has 39 heavy (non-hydrogen) atoms. The Labute approximate surface area is 229 Å². The standard InChI is InChI=1S/C31H36N2O6/c1-19(29(35)37-3)26(39-20(2)34)17-22-16-23(30(36)38-4)27-31(24-12-8-9-13-25(24)32-27)14-15-33(28(22)31)18-21-10-6-5-7-11-21/h5-13,19,22,26,28,32H,14-18H2,1-4H3/t19?,22-,26?,28-,31+/m0/s1. The Morgan fingerprint density at radius 2 is 1.77 bits per heavy atom. The molecule has 1 saturated heterocycles. The lowest BCUT2D eigenvalue weighted by molar-refractivity contribution is -0.159. The molecule has 2 aromatic rings. The molecular weight excluding hydrogens is 496 g/mol. The highest BCUT2D eigenvalue weighted by Gasteiger charge is 2.61. The van der Waals surface area contributed by atoms with Gasteiger partial charge in [-0.25, -0.2) is 4.79 Å². The fourth-order valence-corrected chi connectivity index (χ4v) is 7.09. The second-order valence-corrected chi connectivity index (χ2v) is 10.8. The molecule has 0 bridgehead atoms. The van der Waals surface area contributed by atoms with Crippen LogP contribution in [0.4, 0.5) is 5.69 Å². The van der Waals surface area contributed by atoms with Crippen LogP contribution in [0.25, 0.3) is 0 Å². The molecule has 0 amide bonds. The summed E-state index contributed by atoms with van der Waals surface area (Å²) in [5.74, 6) is -2.00. The maximum absolute atomic E-state index is 13.2. The summed E-state index contributed by atoms with van der Waals surface area (Å²) < 4.78 is 16.0. The van der Waals surface area contributed by atoms with E-state index in [0.29, 0.717) is 18.4 Å². The molecule has 0 aromatic heterocycles. The van der Waals surface area contributed by atoms with Gasteiger partial charge in [0.05, 0.1) is 31.1 Å². The predicted octanol–water partition coefficient (Wildman–Crippen LogP) is 4.20. The van der Waals surface area contributed by atoms with E-state index in [1.807, 2.05) is 30.3 Å². The second kappa shape index (κ2) is 10.8. The number of rotatable bonds is 8. The lowest BCUT2D eigenvalue weighted by Gasteiger charge is -2.46. The minimum absolute atomic E-state index is 0.000155. The summed E-state index contributed by atoms with van der Waals surface area (Å²) in [6.45, 7) is 4.65. The molecule has 0 radical (unpaired) electrons. The van der Waals surface area contributed by atoms with Crippen molar-refractivity contribution in [3.8, 4) is 0 Å². The van der Waals surface area contributed by atoms with E-state index in [-0.39, 0.29) is 17.9 Å². The van der Waals surface area contributed by atoms with Crippen LogP contribution in [-0.2, 0) is 40.6 Å². The molecule has 5 atom stereocenters. The van der Waals surface area contributed by atoms with Crippen molar-refractivity contribution < 1.29 is 28.6 Å². The van der Waals surface area contributed by atoms with Crippen LogP contribution in [0.3, 0.4) is 0 Å². The Hall–Kier alpha value is -3.65. The van der Waals surface area contributed by atoms with Gasteiger partial charge in [0.1, 0.15) is 6.10 Å². The zero-order valence-corrected chi connectivity index (χ0v) is 22.9. The first-order valence-electron chi connectivity index (χ1n) is 13.5. The fourth-order valence-electron chi connectivity index (χ4n) is 7.09. The zero-order chi connectivity index (χ0) is 27.7. The summed E-state index contributed by atoms with van der Waals surface area (Å²) in [6, 6.07) is 18.6. The lowest BCUT2D eigenvalue weighted by atomic mass is 9.62. The number of nitrogens with one attached hydrogen (secondary N) is 1. The summed E-state index contributed by atoms with van der Waals surface area (Å²) >= 11 is 0. The fraction of sp³-hybridized carbons (Fsp3) is 0.452. The van der Waals surface area contributed by atoms with Crippen LogP contribution in [0.2, 0.25) is 0 Å². The molecule has 1 fully saturated rings. The molecule has 2 unspecified atom stereocenters. The normalized spacial score (nSPS) is 25.0. The van der Waals surface area contributed by atoms with Crippen LogP contribution in [0, 0.1) is 11.8 Å². The summed E-state index contributed by atoms with van der Waals surface area (Å²) in [6.07, 6.45) is 0.975. The molecule has 2 aliphatic heterocycles. The topological polar surface area (TPSA) is 94.2 Å². The minimum atomic E-state index is -0.693. The third kappa shape index (κ3) is 4.71. The van der Waals surface area contributed by atoms with E-state index >= 15 is 0 Å². The first-order valence-corrected chi connectivity index (χ1v) is 13.5. The molecule has 1 spiro atoms. The summed E-state index contributed by atoms with van der Waals surface area (Å²) in [7, 11) is 2.74. The predicted molar refractivity (Wildman–Crippen MR) is 145 cm³/mol. The van der Waals surface area contributed by atoms with Gasteiger partial charge >= 0.3 is 17.9 Å². The molecule has 2 heterocycles. The molecule has 8 nitrogen and oxygen atoms in total. The largest absolute Gasteiger partial charge is 0.469 e. The number of likely N-dealkylation sites (tertiary alicyclic amines) is 1. The van der Waals surface area contributed by atoms with Crippen molar-refractivity contribution >= 4 is 23.6 Å². The highest BCUT2D eigenvalue weighted by Crippen LogP contribution is 2.60. The van der Waals surface area contributed by atoms with Crippen LogP contribution < -0.4 is 5.32 Å². The number of fused-ring (bicyclic) bond motifs is 1. The van der Waals surface area contributed by atoms with Crippen molar-refractivity contribution in [2.45, 2.75) is 57.2 Å². The van der Waals surface area contributed by atoms with E-state index in [2.05, 4.69) is 34.5 Å². The summed E-state index contributed by atoms with van der Waals surface area (Å²) in [4.78, 5) is 40.4. The average molecular weight is 533 g/mol. The quantitative estimate of drug-likeness (QED) is 0.399. The van der Waals surface area contributed by atoms with Gasteiger partial charge in [-0.05, 0) is 49.3 Å². The van der Waals surface area contributed by atoms with Gasteiger partial charge in [0, 0.05) is 37.4 Å². The smallest absolute Gasteiger partial charge is 0.335 e. The van der Waals surface area contributed by atoms with Gasteiger partial charge in [0.15, 0.2) is 0 Å². The summed E-state index contributed by atoms with van der Waals surface area (Å²) in [5, 5.41) is 3.60. The number of hydrogen-bond donors (Lipinski definition) is 1. The number of anilines is 1. The Balaban J connectivity index is 1.63. The monoisotopic (exact) mass is 532 g/mol. The Morgan fingerprint density at radius 1 is 1.05 bits per heavy atom. The van der Waals surface area contributed by atoms with Gasteiger partial charge < -0.3 is 19.5 Å². The van der Waals surface area contributed by atoms with Crippen molar-refractivity contribution in [3.05, 3.63) is 77.0 Å². The SMILES string of the molecule is COC(=O)C1=C2Nc3ccccc3[C@]23CCN(Cc2ccccc2)[C@H]3[C@H](CC(OC(C)=O)C(C)C(=O)OC)C1. The molecule has 1 N–H and O–H groups in total. The van der Waals surface area contributed by atoms with Crippen LogP contribution in [0.5, 0.6) is 0 Å². The molecule has 206 valence electrons. The second-order valence-electron chi connectivity index (χ2n) is 10.8. The van der Waals surface area contributed by atoms with Crippen molar-refractivity contribution in [3.63, 3.8) is 0 Å². The molecule has 1 aliphatic carbocycles. The number of carbonyl (C=O) groups is 3. The maximum atomic E-state index is 13.2. The van der Waals surface area contributed by atoms with E-state index in [4.69, 9.17) is 14.2 Å². The number of nitrogens with zero attached hydrogens (tertiary/aromatic N) is 1.